The SMILES string of the molecule is CC/C=C/CC(O)/C=C/C=C/CCCCCCCC(=O)O[C@H](COC(=O)CCCCCCCCCCCCCCC)COP(=O)(O)O[C@H]1C(O)C(O)C(O)[C@@H](OP(=O)(O)O)C1O. The van der Waals surface area contributed by atoms with Gasteiger partial charge in [-0.2, -0.15) is 0 Å². The lowest BCUT2D eigenvalue weighted by Crippen LogP contribution is -2.64. The van der Waals surface area contributed by atoms with E-state index < -0.39 is 89.6 Å². The fourth-order valence-electron chi connectivity index (χ4n) is 6.77. The molecule has 0 aromatic carbocycles. The molecule has 0 bridgehead atoms. The van der Waals surface area contributed by atoms with Crippen LogP contribution in [0.2, 0.25) is 0 Å². The van der Waals surface area contributed by atoms with E-state index in [1.54, 1.807) is 6.08 Å². The molecule has 1 fully saturated rings. The molecular formula is C43H78O17P2. The van der Waals surface area contributed by atoms with Crippen LogP contribution >= 0.6 is 15.6 Å². The molecule has 0 saturated heterocycles. The molecule has 6 unspecified atom stereocenters. The van der Waals surface area contributed by atoms with Gasteiger partial charge in [-0.3, -0.25) is 23.2 Å². The largest absolute Gasteiger partial charge is 0.472 e. The molecular weight excluding hydrogens is 850 g/mol. The fraction of sp³-hybridized carbons (Fsp3) is 0.814. The second kappa shape index (κ2) is 34.5. The van der Waals surface area contributed by atoms with Gasteiger partial charge in [-0.25, -0.2) is 9.13 Å². The molecule has 0 amide bonds. The predicted molar refractivity (Wildman–Crippen MR) is 233 cm³/mol. The number of aliphatic hydroxyl groups excluding tert-OH is 5. The maximum atomic E-state index is 13.0. The number of carbonyl (C=O) groups excluding carboxylic acids is 2. The Morgan fingerprint density at radius 1 is 0.597 bits per heavy atom. The third-order valence-electron chi connectivity index (χ3n) is 10.3. The number of esters is 2. The zero-order valence-corrected chi connectivity index (χ0v) is 38.7. The van der Waals surface area contributed by atoms with Crippen LogP contribution in [0.4, 0.5) is 0 Å². The van der Waals surface area contributed by atoms with Crippen molar-refractivity contribution in [3.05, 3.63) is 36.5 Å². The minimum atomic E-state index is -5.37. The van der Waals surface area contributed by atoms with Gasteiger partial charge in [0, 0.05) is 12.8 Å². The van der Waals surface area contributed by atoms with Gasteiger partial charge >= 0.3 is 27.6 Å². The van der Waals surface area contributed by atoms with Crippen molar-refractivity contribution in [2.45, 2.75) is 210 Å². The molecule has 1 rings (SSSR count). The number of phosphoric ester groups is 2. The number of hydrogen-bond donors (Lipinski definition) is 8. The van der Waals surface area contributed by atoms with E-state index in [0.29, 0.717) is 19.3 Å². The maximum absolute atomic E-state index is 13.0. The molecule has 0 radical (unpaired) electrons. The average molecular weight is 929 g/mol. The molecule has 0 spiro atoms. The first kappa shape index (κ1) is 58.2. The number of aliphatic hydroxyl groups is 5. The van der Waals surface area contributed by atoms with Gasteiger partial charge in [0.15, 0.2) is 6.10 Å². The van der Waals surface area contributed by atoms with Crippen LogP contribution in [0.15, 0.2) is 36.5 Å². The van der Waals surface area contributed by atoms with Crippen molar-refractivity contribution in [2.75, 3.05) is 13.2 Å². The highest BCUT2D eigenvalue weighted by molar-refractivity contribution is 7.47. The smallest absolute Gasteiger partial charge is 0.462 e. The van der Waals surface area contributed by atoms with Crippen LogP contribution in [0, 0.1) is 0 Å². The topological polar surface area (TPSA) is 276 Å². The van der Waals surface area contributed by atoms with Gasteiger partial charge in [0.05, 0.1) is 12.7 Å². The molecule has 1 saturated carbocycles. The van der Waals surface area contributed by atoms with E-state index in [-0.39, 0.29) is 12.8 Å². The Labute approximate surface area is 368 Å². The quantitative estimate of drug-likeness (QED) is 0.0103. The number of unbranched alkanes of at least 4 members (excludes halogenated alkanes) is 17. The lowest BCUT2D eigenvalue weighted by molar-refractivity contribution is -0.216. The van der Waals surface area contributed by atoms with Crippen molar-refractivity contribution in [3.8, 4) is 0 Å². The first-order chi connectivity index (χ1) is 29.5. The van der Waals surface area contributed by atoms with E-state index in [9.17, 15) is 49.1 Å². The van der Waals surface area contributed by atoms with Gasteiger partial charge in [0.2, 0.25) is 0 Å². The molecule has 362 valence electrons. The Bertz CT molecular complexity index is 1370. The molecule has 9 atom stereocenters. The highest BCUT2D eigenvalue weighted by atomic mass is 31.2. The summed E-state index contributed by atoms with van der Waals surface area (Å²) >= 11 is 0. The van der Waals surface area contributed by atoms with E-state index in [1.807, 2.05) is 37.3 Å². The number of carbonyl (C=O) groups is 2. The Morgan fingerprint density at radius 2 is 1.11 bits per heavy atom. The monoisotopic (exact) mass is 928 g/mol. The lowest BCUT2D eigenvalue weighted by Gasteiger charge is -2.43. The number of ether oxygens (including phenoxy) is 2. The van der Waals surface area contributed by atoms with Crippen molar-refractivity contribution < 1.29 is 82.0 Å². The number of allylic oxidation sites excluding steroid dienone is 4. The average Bonchev–Trinajstić information content (AvgIpc) is 3.22. The van der Waals surface area contributed by atoms with Crippen molar-refractivity contribution in [1.82, 2.24) is 0 Å². The third-order valence-corrected chi connectivity index (χ3v) is 11.8. The normalized spacial score (nSPS) is 22.9. The number of phosphoric acid groups is 2. The van der Waals surface area contributed by atoms with Crippen LogP contribution in [0.1, 0.15) is 162 Å². The van der Waals surface area contributed by atoms with E-state index in [2.05, 4.69) is 11.4 Å². The second-order valence-electron chi connectivity index (χ2n) is 15.9. The Kier molecular flexibility index (Phi) is 32.4. The summed E-state index contributed by atoms with van der Waals surface area (Å²) in [4.78, 5) is 54.2. The minimum Gasteiger partial charge on any atom is -0.462 e. The molecule has 0 aliphatic heterocycles. The van der Waals surface area contributed by atoms with E-state index in [0.717, 1.165) is 64.2 Å². The summed E-state index contributed by atoms with van der Waals surface area (Å²) in [6, 6.07) is 0. The van der Waals surface area contributed by atoms with E-state index in [1.165, 1.54) is 51.4 Å². The highest BCUT2D eigenvalue weighted by Gasteiger charge is 2.54. The molecule has 19 heteroatoms. The Morgan fingerprint density at radius 3 is 1.66 bits per heavy atom. The Hall–Kier alpha value is -1.82. The van der Waals surface area contributed by atoms with Crippen LogP contribution < -0.4 is 0 Å². The van der Waals surface area contributed by atoms with Gasteiger partial charge < -0.3 is 49.7 Å². The van der Waals surface area contributed by atoms with Crippen molar-refractivity contribution in [3.63, 3.8) is 0 Å². The summed E-state index contributed by atoms with van der Waals surface area (Å²) < 4.78 is 49.2. The van der Waals surface area contributed by atoms with E-state index >= 15 is 0 Å². The summed E-state index contributed by atoms with van der Waals surface area (Å²) in [5, 5.41) is 51.1. The highest BCUT2D eigenvalue weighted by Crippen LogP contribution is 2.49. The summed E-state index contributed by atoms with van der Waals surface area (Å²) in [7, 11) is -10.7. The number of rotatable bonds is 37. The van der Waals surface area contributed by atoms with Crippen molar-refractivity contribution in [1.29, 1.82) is 0 Å². The van der Waals surface area contributed by atoms with Gasteiger partial charge in [-0.05, 0) is 38.5 Å². The zero-order valence-electron chi connectivity index (χ0n) is 36.9. The van der Waals surface area contributed by atoms with Crippen LogP contribution in [0.25, 0.3) is 0 Å². The maximum Gasteiger partial charge on any atom is 0.472 e. The van der Waals surface area contributed by atoms with Gasteiger partial charge in [0.25, 0.3) is 0 Å². The molecule has 8 N–H and O–H groups in total. The summed E-state index contributed by atoms with van der Waals surface area (Å²) in [5.41, 5.74) is 0. The Balaban J connectivity index is 2.65. The third kappa shape index (κ3) is 28.9. The standard InChI is InChI=1S/C43H78O17P2/c1-3-5-7-8-9-10-11-12-13-16-19-22-26-30-36(45)56-32-35(58-37(46)31-27-23-20-17-14-15-18-21-25-29-34(44)28-24-6-4-2)33-57-62(54,55)60-43-40(49)38(47)39(48)42(41(43)50)59-61(51,52)53/h6,18,21,24-25,29,34-35,38-44,47-50H,3-5,7-17,19-20,22-23,26-28,30-33H2,1-2H3,(H,54,55)(H2,51,52,53)/b21-18+,24-6+,29-25+/t34?,35-,38?,39?,40?,41?,42-,43+/m1/s1. The summed E-state index contributed by atoms with van der Waals surface area (Å²) in [5.74, 6) is -1.26. The molecule has 62 heavy (non-hydrogen) atoms. The summed E-state index contributed by atoms with van der Waals surface area (Å²) in [6.07, 6.45) is 17.2. The predicted octanol–water partition coefficient (Wildman–Crippen LogP) is 6.92. The zero-order chi connectivity index (χ0) is 46.2. The number of hydrogen-bond acceptors (Lipinski definition) is 14. The molecule has 0 heterocycles. The second-order valence-corrected chi connectivity index (χ2v) is 18.5. The van der Waals surface area contributed by atoms with Crippen molar-refractivity contribution >= 4 is 27.6 Å². The van der Waals surface area contributed by atoms with Gasteiger partial charge in [-0.1, -0.05) is 147 Å². The lowest BCUT2D eigenvalue weighted by atomic mass is 9.85. The molecule has 0 aromatic rings. The first-order valence-corrected chi connectivity index (χ1v) is 25.7. The van der Waals surface area contributed by atoms with Crippen molar-refractivity contribution in [2.24, 2.45) is 0 Å². The minimum absolute atomic E-state index is 0.00120. The molecule has 17 nitrogen and oxygen atoms in total. The van der Waals surface area contributed by atoms with Crippen LogP contribution in [-0.2, 0) is 41.8 Å². The van der Waals surface area contributed by atoms with Crippen LogP contribution in [0.5, 0.6) is 0 Å². The van der Waals surface area contributed by atoms with Gasteiger partial charge in [0.1, 0.15) is 43.2 Å². The fourth-order valence-corrected chi connectivity index (χ4v) is 8.31. The molecule has 1 aliphatic rings. The van der Waals surface area contributed by atoms with E-state index in [4.69, 9.17) is 28.3 Å². The molecule has 1 aliphatic carbocycles. The summed E-state index contributed by atoms with van der Waals surface area (Å²) in [6.45, 7) is 2.87. The van der Waals surface area contributed by atoms with Crippen LogP contribution in [-0.4, -0.2) is 114 Å². The van der Waals surface area contributed by atoms with Crippen LogP contribution in [0.3, 0.4) is 0 Å². The first-order valence-electron chi connectivity index (χ1n) is 22.6. The van der Waals surface area contributed by atoms with Gasteiger partial charge in [-0.15, -0.1) is 0 Å². The molecule has 0 aromatic heterocycles.